The molecule has 7 nitrogen and oxygen atoms in total. The Kier molecular flexibility index (Phi) is 4.90. The molecule has 5 rings (SSSR count). The number of hydrogen-bond acceptors (Lipinski definition) is 6. The lowest BCUT2D eigenvalue weighted by Crippen LogP contribution is -2.43. The number of benzene rings is 1. The van der Waals surface area contributed by atoms with Gasteiger partial charge in [-0.25, -0.2) is 9.97 Å². The average Bonchev–Trinajstić information content (AvgIpc) is 2.72. The molecular weight excluding hydrogens is 354 g/mol. The highest BCUT2D eigenvalue weighted by molar-refractivity contribution is 5.97. The molecule has 1 aromatic heterocycles. The van der Waals surface area contributed by atoms with Gasteiger partial charge in [0, 0.05) is 30.2 Å². The van der Waals surface area contributed by atoms with Gasteiger partial charge in [-0.15, -0.1) is 0 Å². The van der Waals surface area contributed by atoms with Crippen molar-refractivity contribution in [2.45, 2.75) is 32.6 Å². The molecule has 0 amide bonds. The summed E-state index contributed by atoms with van der Waals surface area (Å²) in [4.78, 5) is 8.49. The van der Waals surface area contributed by atoms with Gasteiger partial charge in [0.1, 0.15) is 0 Å². The van der Waals surface area contributed by atoms with E-state index in [4.69, 9.17) is 15.7 Å². The summed E-state index contributed by atoms with van der Waals surface area (Å²) in [7, 11) is 0. The highest BCUT2D eigenvalue weighted by atomic mass is 16.5. The van der Waals surface area contributed by atoms with Crippen LogP contribution in [0.3, 0.4) is 0 Å². The van der Waals surface area contributed by atoms with Crippen molar-refractivity contribution in [3.63, 3.8) is 0 Å². The predicted octanol–water partition coefficient (Wildman–Crippen LogP) is 3.57. The summed E-state index contributed by atoms with van der Waals surface area (Å²) in [6.07, 6.45) is 7.57. The fourth-order valence-corrected chi connectivity index (χ4v) is 4.16. The smallest absolute Gasteiger partial charge is 0.316 e. The van der Waals surface area contributed by atoms with E-state index in [2.05, 4.69) is 38.6 Å². The van der Waals surface area contributed by atoms with E-state index >= 15 is 0 Å². The molecule has 146 valence electrons. The average molecular weight is 379 g/mol. The second-order valence-corrected chi connectivity index (χ2v) is 7.54. The highest BCUT2D eigenvalue weighted by Gasteiger charge is 2.45. The van der Waals surface area contributed by atoms with Crippen molar-refractivity contribution in [1.82, 2.24) is 9.97 Å². The van der Waals surface area contributed by atoms with Crippen LogP contribution >= 0.6 is 0 Å². The summed E-state index contributed by atoms with van der Waals surface area (Å²) in [5, 5.41) is 15.7. The maximum absolute atomic E-state index is 8.90. The molecule has 1 saturated carbocycles. The van der Waals surface area contributed by atoms with Crippen LogP contribution in [0.5, 0.6) is 6.01 Å². The molecule has 3 aliphatic rings. The van der Waals surface area contributed by atoms with Crippen LogP contribution in [0.1, 0.15) is 32.6 Å². The van der Waals surface area contributed by atoms with Gasteiger partial charge in [0.05, 0.1) is 6.61 Å². The second kappa shape index (κ2) is 7.50. The standard InChI is InChI=1S/C21H25N5O2/c1-2-28-20-23-11-16(12-24-20)14-4-3-5-17(8-14)25-13-21-7-6-18(19(22)26-27)15(9-21)10-21/h3-5,8,11-12,25,27H,2,6-7,9-10,13H2,1H3,(H2,22,26). The quantitative estimate of drug-likeness (QED) is 0.294. The number of hydrogen-bond donors (Lipinski definition) is 3. The fraction of sp³-hybridized carbons (Fsp3) is 0.381. The number of rotatable bonds is 7. The molecule has 4 N–H and O–H groups in total. The van der Waals surface area contributed by atoms with Gasteiger partial charge < -0.3 is 21.0 Å². The Morgan fingerprint density at radius 3 is 2.71 bits per heavy atom. The summed E-state index contributed by atoms with van der Waals surface area (Å²) in [5.74, 6) is 0.279. The van der Waals surface area contributed by atoms with Crippen LogP contribution in [0.15, 0.2) is 53.0 Å². The number of allylic oxidation sites excluding steroid dienone is 1. The minimum atomic E-state index is 0.279. The number of anilines is 1. The summed E-state index contributed by atoms with van der Waals surface area (Å²) in [6, 6.07) is 8.69. The first-order chi connectivity index (χ1) is 13.6. The lowest BCUT2D eigenvalue weighted by atomic mass is 9.57. The van der Waals surface area contributed by atoms with Gasteiger partial charge in [0.25, 0.3) is 0 Å². The van der Waals surface area contributed by atoms with E-state index in [-0.39, 0.29) is 11.3 Å². The minimum absolute atomic E-state index is 0.279. The van der Waals surface area contributed by atoms with Crippen LogP contribution in [0.4, 0.5) is 5.69 Å². The van der Waals surface area contributed by atoms with E-state index in [1.54, 1.807) is 12.4 Å². The van der Waals surface area contributed by atoms with Gasteiger partial charge in [0.2, 0.25) is 0 Å². The first-order valence-corrected chi connectivity index (χ1v) is 9.60. The zero-order chi connectivity index (χ0) is 19.6. The first kappa shape index (κ1) is 18.3. The Bertz CT molecular complexity index is 913. The van der Waals surface area contributed by atoms with Gasteiger partial charge in [-0.05, 0) is 61.3 Å². The molecule has 0 aliphatic heterocycles. The Hall–Kier alpha value is -3.09. The highest BCUT2D eigenvalue weighted by Crippen LogP contribution is 2.55. The maximum Gasteiger partial charge on any atom is 0.316 e. The molecule has 28 heavy (non-hydrogen) atoms. The molecule has 1 fully saturated rings. The number of amidine groups is 1. The van der Waals surface area contributed by atoms with E-state index in [0.717, 1.165) is 54.6 Å². The number of ether oxygens (including phenoxy) is 1. The van der Waals surface area contributed by atoms with Crippen molar-refractivity contribution < 1.29 is 9.94 Å². The molecule has 0 radical (unpaired) electrons. The van der Waals surface area contributed by atoms with Crippen LogP contribution < -0.4 is 15.8 Å². The number of fused-ring (bicyclic) bond motifs is 2. The number of aromatic nitrogens is 2. The van der Waals surface area contributed by atoms with Gasteiger partial charge >= 0.3 is 6.01 Å². The first-order valence-electron chi connectivity index (χ1n) is 9.60. The monoisotopic (exact) mass is 379 g/mol. The molecule has 1 heterocycles. The van der Waals surface area contributed by atoms with E-state index in [1.807, 2.05) is 13.0 Å². The van der Waals surface area contributed by atoms with Gasteiger partial charge in [0.15, 0.2) is 5.84 Å². The molecule has 0 unspecified atom stereocenters. The van der Waals surface area contributed by atoms with E-state index < -0.39 is 0 Å². The molecule has 3 aliphatic carbocycles. The summed E-state index contributed by atoms with van der Waals surface area (Å²) >= 11 is 0. The Morgan fingerprint density at radius 1 is 1.29 bits per heavy atom. The topological polar surface area (TPSA) is 106 Å². The van der Waals surface area contributed by atoms with Crippen molar-refractivity contribution in [2.75, 3.05) is 18.5 Å². The van der Waals surface area contributed by atoms with Crippen molar-refractivity contribution in [3.8, 4) is 17.1 Å². The summed E-state index contributed by atoms with van der Waals surface area (Å²) in [6.45, 7) is 3.39. The molecule has 2 bridgehead atoms. The van der Waals surface area contributed by atoms with Crippen molar-refractivity contribution >= 4 is 11.5 Å². The molecular formula is C21H25N5O2. The van der Waals surface area contributed by atoms with Crippen molar-refractivity contribution in [2.24, 2.45) is 16.3 Å². The van der Waals surface area contributed by atoms with E-state index in [0.29, 0.717) is 12.6 Å². The van der Waals surface area contributed by atoms with E-state index in [1.165, 1.54) is 5.57 Å². The molecule has 0 spiro atoms. The summed E-state index contributed by atoms with van der Waals surface area (Å²) < 4.78 is 5.30. The Labute approximate surface area is 164 Å². The molecule has 0 saturated heterocycles. The molecule has 2 aromatic rings. The Balaban J connectivity index is 1.41. The number of nitrogens with one attached hydrogen (secondary N) is 1. The predicted molar refractivity (Wildman–Crippen MR) is 108 cm³/mol. The third-order valence-corrected chi connectivity index (χ3v) is 5.69. The maximum atomic E-state index is 8.90. The van der Waals surface area contributed by atoms with Crippen LogP contribution in [-0.4, -0.2) is 34.2 Å². The zero-order valence-corrected chi connectivity index (χ0v) is 16.0. The van der Waals surface area contributed by atoms with Crippen LogP contribution in [0.2, 0.25) is 0 Å². The zero-order valence-electron chi connectivity index (χ0n) is 16.0. The van der Waals surface area contributed by atoms with Gasteiger partial charge in [-0.1, -0.05) is 22.9 Å². The lowest BCUT2D eigenvalue weighted by Gasteiger charge is -2.49. The van der Waals surface area contributed by atoms with Crippen LogP contribution in [-0.2, 0) is 0 Å². The van der Waals surface area contributed by atoms with Crippen molar-refractivity contribution in [1.29, 1.82) is 0 Å². The second-order valence-electron chi connectivity index (χ2n) is 7.54. The normalized spacial score (nSPS) is 17.8. The lowest BCUT2D eigenvalue weighted by molar-refractivity contribution is 0.185. The summed E-state index contributed by atoms with van der Waals surface area (Å²) in [5.41, 5.74) is 11.6. The van der Waals surface area contributed by atoms with Gasteiger partial charge in [-0.2, -0.15) is 0 Å². The number of nitrogens with zero attached hydrogens (tertiary/aromatic N) is 3. The fourth-order valence-electron chi connectivity index (χ4n) is 4.16. The SMILES string of the molecule is CCOc1ncc(-c2cccc(NCC34CCC(/C(N)=N/O)=C(C3)C4)c2)cn1. The molecule has 7 heteroatoms. The van der Waals surface area contributed by atoms with Crippen molar-refractivity contribution in [3.05, 3.63) is 47.8 Å². The molecule has 0 atom stereocenters. The molecule has 1 aromatic carbocycles. The Morgan fingerprint density at radius 2 is 2.07 bits per heavy atom. The number of nitrogens with two attached hydrogens (primary N) is 1. The van der Waals surface area contributed by atoms with E-state index in [9.17, 15) is 0 Å². The minimum Gasteiger partial charge on any atom is -0.464 e. The largest absolute Gasteiger partial charge is 0.464 e. The van der Waals surface area contributed by atoms with Crippen LogP contribution in [0, 0.1) is 5.41 Å². The third kappa shape index (κ3) is 3.52. The third-order valence-electron chi connectivity index (χ3n) is 5.69. The number of oxime groups is 1. The van der Waals surface area contributed by atoms with Crippen LogP contribution in [0.25, 0.3) is 11.1 Å². The van der Waals surface area contributed by atoms with Gasteiger partial charge in [-0.3, -0.25) is 0 Å².